The Labute approximate surface area is 125 Å². The van der Waals surface area contributed by atoms with E-state index in [1.807, 2.05) is 0 Å². The maximum absolute atomic E-state index is 13.1. The standard InChI is InChI=1S/C10H9BrF5NO2.ClH/c1-19-6-3-4(11)2-5(7(6)18)8(17)9(12,13)10(14,15)16;/h2-3,8,18H,17H2,1H3;1H/t8-;/m0./s1. The summed E-state index contributed by atoms with van der Waals surface area (Å²) in [6.07, 6.45) is -5.82. The van der Waals surface area contributed by atoms with Crippen molar-refractivity contribution in [2.45, 2.75) is 18.1 Å². The number of phenols is 1. The van der Waals surface area contributed by atoms with Gasteiger partial charge in [-0.2, -0.15) is 22.0 Å². The molecule has 1 aromatic rings. The topological polar surface area (TPSA) is 55.5 Å². The minimum absolute atomic E-state index is 0. The molecule has 0 aliphatic heterocycles. The zero-order valence-corrected chi connectivity index (χ0v) is 12.2. The summed E-state index contributed by atoms with van der Waals surface area (Å²) in [7, 11) is 1.12. The van der Waals surface area contributed by atoms with E-state index >= 15 is 0 Å². The third kappa shape index (κ3) is 3.44. The van der Waals surface area contributed by atoms with E-state index in [0.717, 1.165) is 13.2 Å². The Kier molecular flexibility index (Phi) is 6.06. The lowest BCUT2D eigenvalue weighted by Crippen LogP contribution is -2.45. The molecular weight excluding hydrogens is 376 g/mol. The van der Waals surface area contributed by atoms with E-state index in [9.17, 15) is 27.1 Å². The van der Waals surface area contributed by atoms with Gasteiger partial charge in [0.05, 0.1) is 7.11 Å². The molecule has 0 aromatic heterocycles. The Morgan fingerprint density at radius 1 is 1.25 bits per heavy atom. The van der Waals surface area contributed by atoms with E-state index in [1.165, 1.54) is 6.07 Å². The van der Waals surface area contributed by atoms with Gasteiger partial charge in [0, 0.05) is 10.0 Å². The fraction of sp³-hybridized carbons (Fsp3) is 0.400. The number of benzene rings is 1. The highest BCUT2D eigenvalue weighted by Gasteiger charge is 2.62. The van der Waals surface area contributed by atoms with Gasteiger partial charge in [0.25, 0.3) is 0 Å². The number of nitrogens with two attached hydrogens (primary N) is 1. The quantitative estimate of drug-likeness (QED) is 0.778. The maximum atomic E-state index is 13.1. The summed E-state index contributed by atoms with van der Waals surface area (Å²) in [4.78, 5) is 0. The van der Waals surface area contributed by atoms with Crippen LogP contribution in [-0.2, 0) is 0 Å². The summed E-state index contributed by atoms with van der Waals surface area (Å²) < 4.78 is 67.8. The van der Waals surface area contributed by atoms with Gasteiger partial charge < -0.3 is 15.6 Å². The molecule has 3 N–H and O–H groups in total. The van der Waals surface area contributed by atoms with Crippen LogP contribution in [0.4, 0.5) is 22.0 Å². The largest absolute Gasteiger partial charge is 0.504 e. The van der Waals surface area contributed by atoms with Crippen LogP contribution in [0.5, 0.6) is 11.5 Å². The summed E-state index contributed by atoms with van der Waals surface area (Å²) in [5, 5.41) is 9.59. The minimum Gasteiger partial charge on any atom is -0.504 e. The first-order chi connectivity index (χ1) is 8.52. The van der Waals surface area contributed by atoms with Crippen LogP contribution in [0.25, 0.3) is 0 Å². The Hall–Kier alpha value is -0.800. The molecule has 3 nitrogen and oxygen atoms in total. The maximum Gasteiger partial charge on any atom is 0.455 e. The number of phenolic OH excluding ortho intramolecular Hbond substituents is 1. The third-order valence-corrected chi connectivity index (χ3v) is 2.85. The first kappa shape index (κ1) is 19.2. The average molecular weight is 387 g/mol. The highest BCUT2D eigenvalue weighted by atomic mass is 79.9. The lowest BCUT2D eigenvalue weighted by Gasteiger charge is -2.26. The van der Waals surface area contributed by atoms with Crippen LogP contribution >= 0.6 is 28.3 Å². The van der Waals surface area contributed by atoms with Crippen LogP contribution in [0.15, 0.2) is 16.6 Å². The van der Waals surface area contributed by atoms with Crippen LogP contribution in [0.3, 0.4) is 0 Å². The van der Waals surface area contributed by atoms with Gasteiger partial charge in [-0.1, -0.05) is 15.9 Å². The molecular formula is C10H10BrClF5NO2. The van der Waals surface area contributed by atoms with Crippen LogP contribution in [0.2, 0.25) is 0 Å². The molecule has 0 unspecified atom stereocenters. The van der Waals surface area contributed by atoms with E-state index in [1.54, 1.807) is 0 Å². The molecule has 1 atom stereocenters. The highest BCUT2D eigenvalue weighted by Crippen LogP contribution is 2.47. The van der Waals surface area contributed by atoms with Crippen LogP contribution in [0.1, 0.15) is 11.6 Å². The molecule has 10 heteroatoms. The van der Waals surface area contributed by atoms with E-state index in [0.29, 0.717) is 0 Å². The number of ether oxygens (including phenoxy) is 1. The normalized spacial score (nSPS) is 13.6. The molecule has 20 heavy (non-hydrogen) atoms. The molecule has 1 rings (SSSR count). The SMILES string of the molecule is COc1cc(Br)cc([C@H](N)C(F)(F)C(F)(F)F)c1O.Cl. The third-order valence-electron chi connectivity index (χ3n) is 2.39. The number of hydrogen-bond donors (Lipinski definition) is 2. The van der Waals surface area contributed by atoms with Crippen molar-refractivity contribution < 1.29 is 31.8 Å². The van der Waals surface area contributed by atoms with Gasteiger partial charge in [0.1, 0.15) is 6.04 Å². The Balaban J connectivity index is 0.00000361. The second kappa shape index (κ2) is 6.31. The Morgan fingerprint density at radius 3 is 2.15 bits per heavy atom. The monoisotopic (exact) mass is 385 g/mol. The summed E-state index contributed by atoms with van der Waals surface area (Å²) >= 11 is 2.90. The molecule has 116 valence electrons. The summed E-state index contributed by atoms with van der Waals surface area (Å²) in [6.45, 7) is 0. The van der Waals surface area contributed by atoms with E-state index in [2.05, 4.69) is 20.7 Å². The van der Waals surface area contributed by atoms with E-state index < -0.39 is 29.5 Å². The molecule has 0 amide bonds. The van der Waals surface area contributed by atoms with Crippen LogP contribution < -0.4 is 10.5 Å². The molecule has 0 heterocycles. The van der Waals surface area contributed by atoms with Gasteiger partial charge in [-0.05, 0) is 12.1 Å². The van der Waals surface area contributed by atoms with Crippen molar-refractivity contribution in [1.82, 2.24) is 0 Å². The van der Waals surface area contributed by atoms with Gasteiger partial charge in [-0.25, -0.2) is 0 Å². The second-order valence-corrected chi connectivity index (χ2v) is 4.56. The first-order valence-electron chi connectivity index (χ1n) is 4.79. The fourth-order valence-electron chi connectivity index (χ4n) is 1.36. The van der Waals surface area contributed by atoms with Gasteiger partial charge in [-0.15, -0.1) is 12.4 Å². The van der Waals surface area contributed by atoms with E-state index in [-0.39, 0.29) is 22.6 Å². The van der Waals surface area contributed by atoms with Crippen LogP contribution in [0, 0.1) is 0 Å². The number of halogens is 7. The lowest BCUT2D eigenvalue weighted by atomic mass is 9.99. The number of hydrogen-bond acceptors (Lipinski definition) is 3. The van der Waals surface area contributed by atoms with Crippen molar-refractivity contribution in [3.8, 4) is 11.5 Å². The van der Waals surface area contributed by atoms with Crippen molar-refractivity contribution in [3.05, 3.63) is 22.2 Å². The van der Waals surface area contributed by atoms with Crippen molar-refractivity contribution in [3.63, 3.8) is 0 Å². The van der Waals surface area contributed by atoms with Crippen molar-refractivity contribution in [1.29, 1.82) is 0 Å². The number of methoxy groups -OCH3 is 1. The van der Waals surface area contributed by atoms with Gasteiger partial charge >= 0.3 is 12.1 Å². The molecule has 0 aliphatic carbocycles. The zero-order valence-electron chi connectivity index (χ0n) is 9.84. The predicted molar refractivity (Wildman–Crippen MR) is 67.5 cm³/mol. The molecule has 0 bridgehead atoms. The van der Waals surface area contributed by atoms with Crippen LogP contribution in [-0.4, -0.2) is 24.3 Å². The Bertz CT molecular complexity index is 483. The summed E-state index contributed by atoms with van der Waals surface area (Å²) in [6, 6.07) is -0.668. The molecule has 0 saturated heterocycles. The number of aromatic hydroxyl groups is 1. The zero-order chi connectivity index (χ0) is 15.0. The van der Waals surface area contributed by atoms with Crippen molar-refractivity contribution >= 4 is 28.3 Å². The summed E-state index contributed by atoms with van der Waals surface area (Å²) in [5.74, 6) is -6.31. The lowest BCUT2D eigenvalue weighted by molar-refractivity contribution is -0.291. The van der Waals surface area contributed by atoms with Gasteiger partial charge in [0.15, 0.2) is 11.5 Å². The van der Waals surface area contributed by atoms with Crippen molar-refractivity contribution in [2.24, 2.45) is 5.73 Å². The van der Waals surface area contributed by atoms with E-state index in [4.69, 9.17) is 5.73 Å². The van der Waals surface area contributed by atoms with Gasteiger partial charge in [-0.3, -0.25) is 0 Å². The molecule has 1 aromatic carbocycles. The smallest absolute Gasteiger partial charge is 0.455 e. The number of alkyl halides is 5. The Morgan fingerprint density at radius 2 is 1.75 bits per heavy atom. The fourth-order valence-corrected chi connectivity index (χ4v) is 1.81. The summed E-state index contributed by atoms with van der Waals surface area (Å²) in [5.41, 5.74) is 4.18. The van der Waals surface area contributed by atoms with Gasteiger partial charge in [0.2, 0.25) is 0 Å². The molecule has 0 radical (unpaired) electrons. The second-order valence-electron chi connectivity index (χ2n) is 3.64. The minimum atomic E-state index is -5.82. The highest BCUT2D eigenvalue weighted by molar-refractivity contribution is 9.10. The first-order valence-corrected chi connectivity index (χ1v) is 5.58. The molecule has 0 aliphatic rings. The average Bonchev–Trinajstić information content (AvgIpc) is 2.29. The van der Waals surface area contributed by atoms with Crippen molar-refractivity contribution in [2.75, 3.05) is 7.11 Å². The molecule has 0 fully saturated rings. The molecule has 0 saturated carbocycles. The predicted octanol–water partition coefficient (Wildman–Crippen LogP) is 3.78. The number of rotatable bonds is 3. The molecule has 0 spiro atoms.